The molecule has 32 valence electrons. The van der Waals surface area contributed by atoms with Crippen LogP contribution in [0.15, 0.2) is 0 Å². The van der Waals surface area contributed by atoms with Gasteiger partial charge in [-0.05, 0) is 0 Å². The molecule has 0 aliphatic heterocycles. The van der Waals surface area contributed by atoms with Gasteiger partial charge in [0.25, 0.3) is 0 Å². The molecule has 0 fully saturated rings. The van der Waals surface area contributed by atoms with Crippen LogP contribution in [0.4, 0.5) is 4.70 Å². The SMILES string of the molecule is F.[Cr+6].[O-2].[O-2].[O-2]. The molecule has 0 heterocycles. The van der Waals surface area contributed by atoms with Crippen molar-refractivity contribution < 1.29 is 38.5 Å². The molecule has 0 aromatic rings. The van der Waals surface area contributed by atoms with Gasteiger partial charge in [0.15, 0.2) is 0 Å². The first-order valence-corrected chi connectivity index (χ1v) is 0. The van der Waals surface area contributed by atoms with Gasteiger partial charge in [-0.25, -0.2) is 0 Å². The van der Waals surface area contributed by atoms with Gasteiger partial charge in [0.2, 0.25) is 0 Å². The molecular formula is HCrFO3. The zero-order valence-corrected chi connectivity index (χ0v) is 3.32. The largest absolute Gasteiger partial charge is 6.00 e. The topological polar surface area (TPSA) is 85.5 Å². The molecule has 0 unspecified atom stereocenters. The molecule has 0 spiro atoms. The second-order valence-corrected chi connectivity index (χ2v) is 0. The van der Waals surface area contributed by atoms with Crippen molar-refractivity contribution in [1.82, 2.24) is 0 Å². The van der Waals surface area contributed by atoms with Crippen LogP contribution in [0.25, 0.3) is 0 Å². The van der Waals surface area contributed by atoms with Crippen molar-refractivity contribution in [2.75, 3.05) is 0 Å². The van der Waals surface area contributed by atoms with Crippen molar-refractivity contribution >= 4 is 0 Å². The molecule has 0 aromatic carbocycles. The van der Waals surface area contributed by atoms with Gasteiger partial charge >= 0.3 is 17.4 Å². The Morgan fingerprint density at radius 2 is 0.600 bits per heavy atom. The van der Waals surface area contributed by atoms with Crippen molar-refractivity contribution in [3.05, 3.63) is 0 Å². The van der Waals surface area contributed by atoms with E-state index in [2.05, 4.69) is 0 Å². The van der Waals surface area contributed by atoms with E-state index in [-0.39, 0.29) is 38.5 Å². The number of hydrogen-bond acceptors (Lipinski definition) is 0. The summed E-state index contributed by atoms with van der Waals surface area (Å²) in [6, 6.07) is 0. The summed E-state index contributed by atoms with van der Waals surface area (Å²) in [4.78, 5) is 0. The molecule has 0 saturated heterocycles. The number of hydrogen-bond donors (Lipinski definition) is 0. The molecule has 0 aromatic heterocycles. The minimum absolute atomic E-state index is 0. The van der Waals surface area contributed by atoms with E-state index in [0.717, 1.165) is 0 Å². The first kappa shape index (κ1) is 859. The predicted octanol–water partition coefficient (Wildman–Crippen LogP) is -0.206. The van der Waals surface area contributed by atoms with E-state index >= 15 is 0 Å². The second kappa shape index (κ2) is 414. The third-order valence-electron chi connectivity index (χ3n) is 0. The van der Waals surface area contributed by atoms with Gasteiger partial charge in [0.1, 0.15) is 0 Å². The van der Waals surface area contributed by atoms with Gasteiger partial charge in [-0.1, -0.05) is 0 Å². The van der Waals surface area contributed by atoms with Crippen molar-refractivity contribution in [2.24, 2.45) is 0 Å². The van der Waals surface area contributed by atoms with Crippen molar-refractivity contribution in [3.63, 3.8) is 0 Å². The Morgan fingerprint density at radius 1 is 0.600 bits per heavy atom. The first-order chi connectivity index (χ1) is 0. The third-order valence-corrected chi connectivity index (χ3v) is 0. The molecule has 5 heteroatoms. The smallest absolute Gasteiger partial charge is 2.00 e. The Kier molecular flexibility index (Phi) is 71100. The third kappa shape index (κ3) is 203. The molecule has 0 amide bonds. The van der Waals surface area contributed by atoms with Crippen LogP contribution in [-0.2, 0) is 33.8 Å². The fourth-order valence-corrected chi connectivity index (χ4v) is 0. The fourth-order valence-electron chi connectivity index (χ4n) is 0. The van der Waals surface area contributed by atoms with E-state index in [1.165, 1.54) is 0 Å². The molecule has 0 rings (SSSR count). The van der Waals surface area contributed by atoms with Crippen LogP contribution in [0, 0.1) is 0 Å². The summed E-state index contributed by atoms with van der Waals surface area (Å²) in [7, 11) is 0. The summed E-state index contributed by atoms with van der Waals surface area (Å²) in [5.41, 5.74) is 0. The predicted molar refractivity (Wildman–Crippen MR) is 4.56 cm³/mol. The van der Waals surface area contributed by atoms with Crippen molar-refractivity contribution in [2.45, 2.75) is 0 Å². The molecule has 0 aliphatic rings. The minimum atomic E-state index is 0. The Labute approximate surface area is 39.4 Å². The van der Waals surface area contributed by atoms with Crippen molar-refractivity contribution in [1.29, 1.82) is 0 Å². The summed E-state index contributed by atoms with van der Waals surface area (Å²) in [6.45, 7) is 0. The van der Waals surface area contributed by atoms with Gasteiger partial charge in [-0.2, -0.15) is 0 Å². The molecule has 0 N–H and O–H groups in total. The van der Waals surface area contributed by atoms with Gasteiger partial charge in [-0.15, -0.1) is 0 Å². The summed E-state index contributed by atoms with van der Waals surface area (Å²) in [5.74, 6) is 0. The number of rotatable bonds is 0. The van der Waals surface area contributed by atoms with Crippen LogP contribution >= 0.6 is 0 Å². The molecule has 0 atom stereocenters. The Bertz CT molecular complexity index is 6.85. The quantitative estimate of drug-likeness (QED) is 0.423. The maximum Gasteiger partial charge on any atom is 6.00 e. The molecule has 0 aliphatic carbocycles. The average Bonchev–Trinajstić information content (AvgIpc) is 0. The van der Waals surface area contributed by atoms with Crippen LogP contribution in [-0.4, -0.2) is 0 Å². The fraction of sp³-hybridized carbons (Fsp3) is 0. The molecule has 0 radical (unpaired) electrons. The first-order valence-electron chi connectivity index (χ1n) is 0. The maximum atomic E-state index is 0. The summed E-state index contributed by atoms with van der Waals surface area (Å²) in [5, 5.41) is 0. The van der Waals surface area contributed by atoms with Crippen LogP contribution in [0.5, 0.6) is 0 Å². The second-order valence-electron chi connectivity index (χ2n) is 0. The Balaban J connectivity index is 0. The molecule has 3 nitrogen and oxygen atoms in total. The Morgan fingerprint density at radius 3 is 0.600 bits per heavy atom. The summed E-state index contributed by atoms with van der Waals surface area (Å²) in [6.07, 6.45) is 0. The van der Waals surface area contributed by atoms with Gasteiger partial charge in [-0.3, -0.25) is 4.70 Å². The molecule has 0 bridgehead atoms. The van der Waals surface area contributed by atoms with E-state index < -0.39 is 0 Å². The monoisotopic (exact) mass is 120 g/mol. The zero-order chi connectivity index (χ0) is 0. The van der Waals surface area contributed by atoms with Crippen LogP contribution < -0.4 is 0 Å². The normalized spacial score (nSPS) is 0. The molecule has 0 saturated carbocycles. The van der Waals surface area contributed by atoms with Crippen LogP contribution in [0.1, 0.15) is 0 Å². The number of halogens is 1. The standard InChI is InChI=1S/Cr.FH.3O/h;1H;;;/q+6;;3*-2. The van der Waals surface area contributed by atoms with Crippen LogP contribution in [0.3, 0.4) is 0 Å². The van der Waals surface area contributed by atoms with E-state index in [1.54, 1.807) is 0 Å². The average molecular weight is 120 g/mol. The molecule has 5 heavy (non-hydrogen) atoms. The minimum Gasteiger partial charge on any atom is -2.00 e. The van der Waals surface area contributed by atoms with Gasteiger partial charge < -0.3 is 16.4 Å². The van der Waals surface area contributed by atoms with Crippen LogP contribution in [0.2, 0.25) is 0 Å². The van der Waals surface area contributed by atoms with Gasteiger partial charge in [0, 0.05) is 0 Å². The van der Waals surface area contributed by atoms with E-state index in [1.807, 2.05) is 0 Å². The summed E-state index contributed by atoms with van der Waals surface area (Å²) < 4.78 is 0. The van der Waals surface area contributed by atoms with E-state index in [4.69, 9.17) is 0 Å². The molecular weight excluding hydrogens is 119 g/mol. The summed E-state index contributed by atoms with van der Waals surface area (Å²) >= 11 is 0. The van der Waals surface area contributed by atoms with E-state index in [0.29, 0.717) is 0 Å². The van der Waals surface area contributed by atoms with E-state index in [9.17, 15) is 0 Å². The zero-order valence-electron chi connectivity index (χ0n) is 2.04. The van der Waals surface area contributed by atoms with Crippen molar-refractivity contribution in [3.8, 4) is 0 Å². The maximum absolute atomic E-state index is 0. The Hall–Kier alpha value is 0.342. The van der Waals surface area contributed by atoms with Gasteiger partial charge in [0.05, 0.1) is 0 Å².